The molecule has 0 aliphatic heterocycles. The first-order valence-electron chi connectivity index (χ1n) is 9.69. The second kappa shape index (κ2) is 5.81. The van der Waals surface area contributed by atoms with Crippen molar-refractivity contribution in [3.63, 3.8) is 0 Å². The molecule has 0 amide bonds. The Hall–Kier alpha value is -3.37. The molecular formula is C27H21N. The summed E-state index contributed by atoms with van der Waals surface area (Å²) in [5, 5.41) is 11.9. The van der Waals surface area contributed by atoms with Gasteiger partial charge in [0.1, 0.15) is 0 Å². The number of nitrogens with zero attached hydrogens (tertiary/aromatic N) is 1. The van der Waals surface area contributed by atoms with Gasteiger partial charge in [0.2, 0.25) is 0 Å². The molecule has 0 heterocycles. The van der Waals surface area contributed by atoms with E-state index in [1.54, 1.807) is 0 Å². The summed E-state index contributed by atoms with van der Waals surface area (Å²) in [6.07, 6.45) is 0. The van der Waals surface area contributed by atoms with Crippen molar-refractivity contribution in [3.05, 3.63) is 95.1 Å². The average Bonchev–Trinajstić information content (AvgIpc) is 2.94. The summed E-state index contributed by atoms with van der Waals surface area (Å²) in [6.45, 7) is 6.80. The second-order valence-corrected chi connectivity index (χ2v) is 8.26. The predicted octanol–water partition coefficient (Wildman–Crippen LogP) is 6.99. The van der Waals surface area contributed by atoms with Crippen molar-refractivity contribution >= 4 is 10.8 Å². The summed E-state index contributed by atoms with van der Waals surface area (Å²) in [5.74, 6) is 0. The van der Waals surface area contributed by atoms with Crippen LogP contribution in [0.5, 0.6) is 0 Å². The molecule has 0 saturated heterocycles. The van der Waals surface area contributed by atoms with Crippen molar-refractivity contribution in [2.45, 2.75) is 26.2 Å². The molecule has 1 aliphatic carbocycles. The van der Waals surface area contributed by atoms with Gasteiger partial charge in [-0.1, -0.05) is 74.0 Å². The highest BCUT2D eigenvalue weighted by atomic mass is 14.4. The third-order valence-electron chi connectivity index (χ3n) is 6.14. The van der Waals surface area contributed by atoms with Crippen LogP contribution in [0.1, 0.15) is 36.1 Å². The maximum absolute atomic E-state index is 9.35. The molecule has 0 bridgehead atoms. The van der Waals surface area contributed by atoms with Crippen molar-refractivity contribution < 1.29 is 0 Å². The Balaban J connectivity index is 1.91. The van der Waals surface area contributed by atoms with Crippen molar-refractivity contribution in [2.75, 3.05) is 0 Å². The first kappa shape index (κ1) is 16.8. The Morgan fingerprint density at radius 3 is 2.32 bits per heavy atom. The van der Waals surface area contributed by atoms with Crippen molar-refractivity contribution in [1.29, 1.82) is 5.26 Å². The fourth-order valence-corrected chi connectivity index (χ4v) is 4.69. The maximum atomic E-state index is 9.35. The van der Waals surface area contributed by atoms with Gasteiger partial charge in [0.05, 0.1) is 11.6 Å². The number of fused-ring (bicyclic) bond motifs is 5. The molecule has 0 atom stereocenters. The van der Waals surface area contributed by atoms with Gasteiger partial charge in [-0.2, -0.15) is 5.26 Å². The normalized spacial score (nSPS) is 13.8. The first-order valence-corrected chi connectivity index (χ1v) is 9.69. The zero-order valence-electron chi connectivity index (χ0n) is 16.4. The Bertz CT molecular complexity index is 1300. The van der Waals surface area contributed by atoms with Gasteiger partial charge in [0, 0.05) is 5.41 Å². The van der Waals surface area contributed by atoms with E-state index in [1.807, 2.05) is 18.2 Å². The molecule has 1 nitrogen and oxygen atoms in total. The highest BCUT2D eigenvalue weighted by Crippen LogP contribution is 2.53. The van der Waals surface area contributed by atoms with Crippen molar-refractivity contribution in [1.82, 2.24) is 0 Å². The van der Waals surface area contributed by atoms with Gasteiger partial charge < -0.3 is 0 Å². The zero-order chi connectivity index (χ0) is 19.5. The van der Waals surface area contributed by atoms with Crippen LogP contribution in [-0.4, -0.2) is 0 Å². The van der Waals surface area contributed by atoms with Crippen molar-refractivity contribution in [2.24, 2.45) is 0 Å². The van der Waals surface area contributed by atoms with E-state index in [0.717, 1.165) is 5.56 Å². The Morgan fingerprint density at radius 1 is 0.750 bits per heavy atom. The summed E-state index contributed by atoms with van der Waals surface area (Å²) < 4.78 is 0. The molecule has 4 aromatic rings. The van der Waals surface area contributed by atoms with Crippen LogP contribution in [-0.2, 0) is 5.41 Å². The number of hydrogen-bond donors (Lipinski definition) is 0. The maximum Gasteiger partial charge on any atom is 0.0991 e. The van der Waals surface area contributed by atoms with E-state index in [2.05, 4.69) is 81.4 Å². The lowest BCUT2D eigenvalue weighted by Crippen LogP contribution is -2.15. The van der Waals surface area contributed by atoms with E-state index in [1.165, 1.54) is 44.2 Å². The lowest BCUT2D eigenvalue weighted by atomic mass is 9.80. The largest absolute Gasteiger partial charge is 0.192 e. The van der Waals surface area contributed by atoms with Crippen LogP contribution in [0.4, 0.5) is 0 Å². The molecule has 28 heavy (non-hydrogen) atoms. The van der Waals surface area contributed by atoms with Crippen LogP contribution in [0.2, 0.25) is 0 Å². The first-order chi connectivity index (χ1) is 13.5. The van der Waals surface area contributed by atoms with Gasteiger partial charge in [0.25, 0.3) is 0 Å². The molecule has 0 radical (unpaired) electrons. The van der Waals surface area contributed by atoms with Crippen LogP contribution < -0.4 is 0 Å². The number of rotatable bonds is 1. The lowest BCUT2D eigenvalue weighted by molar-refractivity contribution is 0.660. The topological polar surface area (TPSA) is 23.8 Å². The van der Waals surface area contributed by atoms with E-state index < -0.39 is 0 Å². The summed E-state index contributed by atoms with van der Waals surface area (Å²) in [6, 6.07) is 28.0. The van der Waals surface area contributed by atoms with E-state index in [9.17, 15) is 5.26 Å². The van der Waals surface area contributed by atoms with Crippen LogP contribution in [0.15, 0.2) is 72.8 Å². The fraction of sp³-hybridized carbons (Fsp3) is 0.148. The SMILES string of the molecule is Cc1ccc2c(c1)C(C)(C)c1cc(-c3cccc(C#N)c3)c3ccccc3c1-2. The van der Waals surface area contributed by atoms with Gasteiger partial charge >= 0.3 is 0 Å². The summed E-state index contributed by atoms with van der Waals surface area (Å²) in [5.41, 5.74) is 9.70. The molecule has 1 heteroatoms. The zero-order valence-corrected chi connectivity index (χ0v) is 16.4. The van der Waals surface area contributed by atoms with Crippen molar-refractivity contribution in [3.8, 4) is 28.3 Å². The van der Waals surface area contributed by atoms with Gasteiger partial charge in [0.15, 0.2) is 0 Å². The fourth-order valence-electron chi connectivity index (χ4n) is 4.69. The lowest BCUT2D eigenvalue weighted by Gasteiger charge is -2.23. The third-order valence-corrected chi connectivity index (χ3v) is 6.14. The van der Waals surface area contributed by atoms with E-state index in [4.69, 9.17) is 0 Å². The molecule has 4 aromatic carbocycles. The standard InChI is InChI=1S/C27H21N/c1-17-11-12-22-24(13-17)27(2,3)25-15-23(19-8-6-7-18(14-19)16-28)20-9-4-5-10-21(20)26(22)25/h4-15H,1-3H3. The Morgan fingerprint density at radius 2 is 1.54 bits per heavy atom. The molecule has 0 spiro atoms. The van der Waals surface area contributed by atoms with E-state index in [-0.39, 0.29) is 5.41 Å². The molecule has 5 rings (SSSR count). The van der Waals surface area contributed by atoms with Crippen LogP contribution in [0.3, 0.4) is 0 Å². The highest BCUT2D eigenvalue weighted by molar-refractivity contribution is 6.09. The molecule has 0 N–H and O–H groups in total. The Labute approximate surface area is 165 Å². The summed E-state index contributed by atoms with van der Waals surface area (Å²) in [4.78, 5) is 0. The minimum Gasteiger partial charge on any atom is -0.192 e. The molecule has 1 aliphatic rings. The molecule has 134 valence electrons. The minimum atomic E-state index is -0.0533. The summed E-state index contributed by atoms with van der Waals surface area (Å²) in [7, 11) is 0. The number of nitriles is 1. The number of hydrogen-bond acceptors (Lipinski definition) is 1. The molecular weight excluding hydrogens is 338 g/mol. The quantitative estimate of drug-likeness (QED) is 0.359. The Kier molecular flexibility index (Phi) is 3.48. The van der Waals surface area contributed by atoms with Gasteiger partial charge in [-0.3, -0.25) is 0 Å². The van der Waals surface area contributed by atoms with Crippen LogP contribution in [0.25, 0.3) is 33.0 Å². The van der Waals surface area contributed by atoms with Crippen LogP contribution >= 0.6 is 0 Å². The molecule has 0 fully saturated rings. The smallest absolute Gasteiger partial charge is 0.0991 e. The van der Waals surface area contributed by atoms with E-state index in [0.29, 0.717) is 5.56 Å². The highest BCUT2D eigenvalue weighted by Gasteiger charge is 2.37. The minimum absolute atomic E-state index is 0.0533. The van der Waals surface area contributed by atoms with Gasteiger partial charge in [-0.15, -0.1) is 0 Å². The number of aryl methyl sites for hydroxylation is 1. The van der Waals surface area contributed by atoms with Gasteiger partial charge in [-0.25, -0.2) is 0 Å². The van der Waals surface area contributed by atoms with Crippen LogP contribution in [0, 0.1) is 18.3 Å². The third kappa shape index (κ3) is 2.25. The second-order valence-electron chi connectivity index (χ2n) is 8.26. The molecule has 0 aromatic heterocycles. The monoisotopic (exact) mass is 359 g/mol. The number of benzene rings is 4. The van der Waals surface area contributed by atoms with Gasteiger partial charge in [-0.05, 0) is 69.3 Å². The predicted molar refractivity (Wildman–Crippen MR) is 116 cm³/mol. The summed E-state index contributed by atoms with van der Waals surface area (Å²) >= 11 is 0. The molecule has 0 unspecified atom stereocenters. The molecule has 0 saturated carbocycles. The van der Waals surface area contributed by atoms with E-state index >= 15 is 0 Å². The average molecular weight is 359 g/mol.